The average molecular weight is 376 g/mol. The number of anilines is 2. The van der Waals surface area contributed by atoms with Gasteiger partial charge in [0.2, 0.25) is 11.8 Å². The van der Waals surface area contributed by atoms with Gasteiger partial charge >= 0.3 is 0 Å². The van der Waals surface area contributed by atoms with Gasteiger partial charge < -0.3 is 20.7 Å². The Balaban J connectivity index is 0.00000243. The summed E-state index contributed by atoms with van der Waals surface area (Å²) in [6, 6.07) is 14.8. The maximum atomic E-state index is 12.5. The molecule has 0 spiro atoms. The zero-order valence-electron chi connectivity index (χ0n) is 14.5. The Morgan fingerprint density at radius 1 is 1.27 bits per heavy atom. The highest BCUT2D eigenvalue weighted by Gasteiger charge is 2.34. The van der Waals surface area contributed by atoms with Crippen LogP contribution < -0.4 is 15.8 Å². The quantitative estimate of drug-likeness (QED) is 0.787. The molecule has 3 rings (SSSR count). The molecule has 0 radical (unpaired) electrons. The zero-order chi connectivity index (χ0) is 17.8. The molecule has 6 nitrogen and oxygen atoms in total. The number of methoxy groups -OCH3 is 1. The summed E-state index contributed by atoms with van der Waals surface area (Å²) in [6.07, 6.45) is 0.211. The van der Waals surface area contributed by atoms with Crippen molar-refractivity contribution < 1.29 is 14.3 Å². The molecule has 1 aliphatic rings. The summed E-state index contributed by atoms with van der Waals surface area (Å²) >= 11 is 0. The van der Waals surface area contributed by atoms with Crippen LogP contribution >= 0.6 is 12.4 Å². The third-order valence-corrected chi connectivity index (χ3v) is 4.32. The summed E-state index contributed by atoms with van der Waals surface area (Å²) < 4.78 is 5.15. The second kappa shape index (κ2) is 8.58. The fourth-order valence-electron chi connectivity index (χ4n) is 2.91. The molecule has 0 aliphatic carbocycles. The van der Waals surface area contributed by atoms with E-state index >= 15 is 0 Å². The Morgan fingerprint density at radius 2 is 2.00 bits per heavy atom. The predicted molar refractivity (Wildman–Crippen MR) is 103 cm³/mol. The highest BCUT2D eigenvalue weighted by molar-refractivity contribution is 5.99. The number of likely N-dealkylation sites (tertiary alicyclic amines) is 1. The molecule has 2 aromatic rings. The molecule has 26 heavy (non-hydrogen) atoms. The maximum absolute atomic E-state index is 12.5. The molecule has 0 aromatic heterocycles. The van der Waals surface area contributed by atoms with Crippen LogP contribution in [0.1, 0.15) is 12.0 Å². The first kappa shape index (κ1) is 19.6. The summed E-state index contributed by atoms with van der Waals surface area (Å²) in [5.74, 6) is 0.00555. The number of carbonyl (C=O) groups excluding carboxylic acids is 2. The van der Waals surface area contributed by atoms with Gasteiger partial charge in [0, 0.05) is 25.6 Å². The van der Waals surface area contributed by atoms with Crippen molar-refractivity contribution >= 4 is 35.6 Å². The van der Waals surface area contributed by atoms with Crippen LogP contribution in [0.5, 0.6) is 5.75 Å². The number of rotatable bonds is 5. The van der Waals surface area contributed by atoms with Gasteiger partial charge in [0.05, 0.1) is 24.4 Å². The number of nitrogens with one attached hydrogen (secondary N) is 1. The van der Waals surface area contributed by atoms with Gasteiger partial charge in [0.15, 0.2) is 0 Å². The van der Waals surface area contributed by atoms with Gasteiger partial charge in [-0.3, -0.25) is 9.59 Å². The summed E-state index contributed by atoms with van der Waals surface area (Å²) in [7, 11) is 1.55. The molecule has 2 amide bonds. The second-order valence-electron chi connectivity index (χ2n) is 6.10. The molecule has 0 saturated carbocycles. The molecule has 7 heteroatoms. The number of nitrogens with zero attached hydrogens (tertiary/aromatic N) is 1. The van der Waals surface area contributed by atoms with Crippen molar-refractivity contribution in [3.63, 3.8) is 0 Å². The summed E-state index contributed by atoms with van der Waals surface area (Å²) in [6.45, 7) is 0.925. The summed E-state index contributed by atoms with van der Waals surface area (Å²) in [5, 5.41) is 2.81. The Kier molecular flexibility index (Phi) is 6.46. The number of halogens is 1. The van der Waals surface area contributed by atoms with Gasteiger partial charge in [-0.2, -0.15) is 0 Å². The smallest absolute Gasteiger partial charge is 0.229 e. The lowest BCUT2D eigenvalue weighted by atomic mass is 10.1. The van der Waals surface area contributed by atoms with Crippen LogP contribution in [0.3, 0.4) is 0 Å². The van der Waals surface area contributed by atoms with Crippen LogP contribution in [0.15, 0.2) is 48.5 Å². The van der Waals surface area contributed by atoms with Gasteiger partial charge in [-0.25, -0.2) is 0 Å². The minimum Gasteiger partial charge on any atom is -0.497 e. The topological polar surface area (TPSA) is 84.7 Å². The standard InChI is InChI=1S/C19H21N3O3.ClH/c1-25-15-7-8-16(20)17(10-15)21-19(24)14-9-18(23)22(12-14)11-13-5-3-2-4-6-13;/h2-8,10,14H,9,11-12,20H2,1H3,(H,21,24);1H. The van der Waals surface area contributed by atoms with Gasteiger partial charge in [-0.15, -0.1) is 12.4 Å². The SMILES string of the molecule is COc1ccc(N)c(NC(=O)C2CC(=O)N(Cc3ccccc3)C2)c1.Cl. The average Bonchev–Trinajstić information content (AvgIpc) is 2.98. The number of amides is 2. The Hall–Kier alpha value is -2.73. The number of hydrogen-bond donors (Lipinski definition) is 2. The first-order chi connectivity index (χ1) is 12.1. The number of hydrogen-bond acceptors (Lipinski definition) is 4. The lowest BCUT2D eigenvalue weighted by molar-refractivity contribution is -0.128. The van der Waals surface area contributed by atoms with Crippen LogP contribution in [0, 0.1) is 5.92 Å². The van der Waals surface area contributed by atoms with Gasteiger partial charge in [-0.1, -0.05) is 30.3 Å². The van der Waals surface area contributed by atoms with Crippen LogP contribution in [-0.2, 0) is 16.1 Å². The Bertz CT molecular complexity index is 783. The van der Waals surface area contributed by atoms with E-state index in [1.165, 1.54) is 0 Å². The van der Waals surface area contributed by atoms with E-state index in [1.807, 2.05) is 30.3 Å². The minimum atomic E-state index is -0.387. The lowest BCUT2D eigenvalue weighted by Crippen LogP contribution is -2.28. The fourth-order valence-corrected chi connectivity index (χ4v) is 2.91. The molecule has 1 atom stereocenters. The van der Waals surface area contributed by atoms with Gasteiger partial charge in [0.1, 0.15) is 5.75 Å². The van der Waals surface area contributed by atoms with Gasteiger partial charge in [-0.05, 0) is 17.7 Å². The first-order valence-corrected chi connectivity index (χ1v) is 8.13. The summed E-state index contributed by atoms with van der Waals surface area (Å²) in [5.41, 5.74) is 7.91. The molecule has 3 N–H and O–H groups in total. The van der Waals surface area contributed by atoms with Crippen LogP contribution in [0.4, 0.5) is 11.4 Å². The highest BCUT2D eigenvalue weighted by Crippen LogP contribution is 2.27. The largest absolute Gasteiger partial charge is 0.497 e. The molecule has 0 bridgehead atoms. The van der Waals surface area contributed by atoms with Crippen LogP contribution in [-0.4, -0.2) is 30.4 Å². The molecular weight excluding hydrogens is 354 g/mol. The van der Waals surface area contributed by atoms with E-state index in [9.17, 15) is 9.59 Å². The van der Waals surface area contributed by atoms with E-state index in [0.717, 1.165) is 5.56 Å². The number of benzene rings is 2. The third kappa shape index (κ3) is 4.46. The molecule has 1 aliphatic heterocycles. The van der Waals surface area contributed by atoms with Crippen molar-refractivity contribution in [3.05, 3.63) is 54.1 Å². The van der Waals surface area contributed by atoms with Crippen molar-refractivity contribution in [2.24, 2.45) is 5.92 Å². The Morgan fingerprint density at radius 3 is 2.69 bits per heavy atom. The first-order valence-electron chi connectivity index (χ1n) is 8.13. The van der Waals surface area contributed by atoms with E-state index in [1.54, 1.807) is 30.2 Å². The normalized spacial score (nSPS) is 16.1. The van der Waals surface area contributed by atoms with E-state index in [4.69, 9.17) is 10.5 Å². The zero-order valence-corrected chi connectivity index (χ0v) is 15.3. The maximum Gasteiger partial charge on any atom is 0.229 e. The van der Waals surface area contributed by atoms with Crippen molar-refractivity contribution in [1.29, 1.82) is 0 Å². The summed E-state index contributed by atoms with van der Waals surface area (Å²) in [4.78, 5) is 26.5. The highest BCUT2D eigenvalue weighted by atomic mass is 35.5. The number of carbonyl (C=O) groups is 2. The van der Waals surface area contributed by atoms with Crippen molar-refractivity contribution in [3.8, 4) is 5.75 Å². The lowest BCUT2D eigenvalue weighted by Gasteiger charge is -2.17. The van der Waals surface area contributed by atoms with Crippen molar-refractivity contribution in [1.82, 2.24) is 4.90 Å². The molecule has 1 fully saturated rings. The molecule has 138 valence electrons. The van der Waals surface area contributed by atoms with Gasteiger partial charge in [0.25, 0.3) is 0 Å². The number of nitrogens with two attached hydrogens (primary N) is 1. The van der Waals surface area contributed by atoms with E-state index in [0.29, 0.717) is 30.2 Å². The minimum absolute atomic E-state index is 0. The molecule has 1 unspecified atom stereocenters. The molecule has 2 aromatic carbocycles. The molecule has 1 heterocycles. The fraction of sp³-hybridized carbons (Fsp3) is 0.263. The van der Waals surface area contributed by atoms with E-state index in [2.05, 4.69) is 5.32 Å². The Labute approximate surface area is 158 Å². The molecular formula is C19H22ClN3O3. The predicted octanol–water partition coefficient (Wildman–Crippen LogP) is 2.69. The second-order valence-corrected chi connectivity index (χ2v) is 6.10. The van der Waals surface area contributed by atoms with E-state index < -0.39 is 0 Å². The van der Waals surface area contributed by atoms with Crippen LogP contribution in [0.25, 0.3) is 0 Å². The van der Waals surface area contributed by atoms with E-state index in [-0.39, 0.29) is 36.6 Å². The number of nitrogen functional groups attached to an aromatic ring is 1. The monoisotopic (exact) mass is 375 g/mol. The number of ether oxygens (including phenoxy) is 1. The third-order valence-electron chi connectivity index (χ3n) is 4.32. The van der Waals surface area contributed by atoms with Crippen molar-refractivity contribution in [2.45, 2.75) is 13.0 Å². The van der Waals surface area contributed by atoms with Crippen molar-refractivity contribution in [2.75, 3.05) is 24.7 Å². The molecule has 1 saturated heterocycles. The van der Waals surface area contributed by atoms with Crippen LogP contribution in [0.2, 0.25) is 0 Å².